The predicted octanol–water partition coefficient (Wildman–Crippen LogP) is 3.13. The molecular weight excluding hydrogens is 350 g/mol. The zero-order valence-electron chi connectivity index (χ0n) is 15.1. The zero-order valence-corrected chi connectivity index (χ0v) is 16.0. The first-order valence-corrected chi connectivity index (χ1v) is 10.0. The molecule has 0 atom stereocenters. The van der Waals surface area contributed by atoms with Crippen molar-refractivity contribution < 1.29 is 13.2 Å². The van der Waals surface area contributed by atoms with Gasteiger partial charge in [0.1, 0.15) is 0 Å². The molecule has 0 aromatic heterocycles. The average Bonchev–Trinajstić information content (AvgIpc) is 2.60. The molecule has 0 aliphatic carbocycles. The molecule has 26 heavy (non-hydrogen) atoms. The smallest absolute Gasteiger partial charge is 0.335 e. The van der Waals surface area contributed by atoms with Crippen molar-refractivity contribution in [3.05, 3.63) is 54.1 Å². The Hall–Kier alpha value is -2.54. The summed E-state index contributed by atoms with van der Waals surface area (Å²) in [4.78, 5) is 16.5. The molecule has 2 aromatic rings. The number of hydrogen-bond acceptors (Lipinski definition) is 4. The number of urea groups is 1. The first-order valence-electron chi connectivity index (χ1n) is 8.56. The van der Waals surface area contributed by atoms with Gasteiger partial charge in [0.25, 0.3) is 10.0 Å². The van der Waals surface area contributed by atoms with E-state index in [1.807, 2.05) is 31.2 Å². The van der Waals surface area contributed by atoms with Crippen molar-refractivity contribution in [2.24, 2.45) is 0 Å². The Morgan fingerprint density at radius 2 is 1.62 bits per heavy atom. The number of amides is 2. The number of nitrogens with one attached hydrogen (secondary N) is 1. The number of rotatable bonds is 3. The van der Waals surface area contributed by atoms with Gasteiger partial charge in [-0.05, 0) is 45.0 Å². The SMILES string of the molecule is Cc1ccc(S(=O)(=O)NC(=O)N2CCN(C(C)C)c3ccccc32)cc1. The lowest BCUT2D eigenvalue weighted by molar-refractivity contribution is 0.250. The zero-order chi connectivity index (χ0) is 18.9. The first kappa shape index (κ1) is 18.3. The molecule has 138 valence electrons. The normalized spacial score (nSPS) is 14.3. The third-order valence-electron chi connectivity index (χ3n) is 4.47. The molecule has 1 aliphatic heterocycles. The second kappa shape index (κ2) is 6.99. The van der Waals surface area contributed by atoms with E-state index in [4.69, 9.17) is 0 Å². The molecule has 7 heteroatoms. The number of nitrogens with zero attached hydrogens (tertiary/aromatic N) is 2. The molecule has 0 bridgehead atoms. The van der Waals surface area contributed by atoms with Gasteiger partial charge in [-0.2, -0.15) is 0 Å². The summed E-state index contributed by atoms with van der Waals surface area (Å²) in [6.45, 7) is 7.12. The lowest BCUT2D eigenvalue weighted by Gasteiger charge is -2.39. The van der Waals surface area contributed by atoms with E-state index >= 15 is 0 Å². The van der Waals surface area contributed by atoms with Crippen LogP contribution in [0.15, 0.2) is 53.4 Å². The lowest BCUT2D eigenvalue weighted by atomic mass is 10.1. The topological polar surface area (TPSA) is 69.7 Å². The molecule has 1 aliphatic rings. The molecule has 1 N–H and O–H groups in total. The second-order valence-corrected chi connectivity index (χ2v) is 8.33. The van der Waals surface area contributed by atoms with Gasteiger partial charge >= 0.3 is 6.03 Å². The van der Waals surface area contributed by atoms with E-state index in [2.05, 4.69) is 23.5 Å². The maximum atomic E-state index is 12.7. The van der Waals surface area contributed by atoms with Crippen molar-refractivity contribution >= 4 is 27.4 Å². The summed E-state index contributed by atoms with van der Waals surface area (Å²) in [5.41, 5.74) is 2.59. The van der Waals surface area contributed by atoms with Crippen molar-refractivity contribution in [3.63, 3.8) is 0 Å². The maximum Gasteiger partial charge on any atom is 0.335 e. The second-order valence-electron chi connectivity index (χ2n) is 6.65. The Kier molecular flexibility index (Phi) is 4.91. The maximum absolute atomic E-state index is 12.7. The van der Waals surface area contributed by atoms with Gasteiger partial charge in [0.05, 0.1) is 16.3 Å². The van der Waals surface area contributed by atoms with Crippen molar-refractivity contribution in [1.82, 2.24) is 4.72 Å². The number of benzene rings is 2. The molecule has 6 nitrogen and oxygen atoms in total. The third-order valence-corrected chi connectivity index (χ3v) is 5.80. The molecule has 0 unspecified atom stereocenters. The minimum Gasteiger partial charge on any atom is -0.366 e. The molecule has 3 rings (SSSR count). The standard InChI is InChI=1S/C19H23N3O3S/c1-14(2)21-12-13-22(18-7-5-4-6-17(18)21)19(23)20-26(24,25)16-10-8-15(3)9-11-16/h4-11,14H,12-13H2,1-3H3,(H,20,23). The van der Waals surface area contributed by atoms with E-state index in [-0.39, 0.29) is 10.9 Å². The fourth-order valence-corrected chi connectivity index (χ4v) is 4.03. The fourth-order valence-electron chi connectivity index (χ4n) is 3.08. The van der Waals surface area contributed by atoms with Gasteiger partial charge in [-0.1, -0.05) is 29.8 Å². The van der Waals surface area contributed by atoms with Crippen LogP contribution in [0.4, 0.5) is 16.2 Å². The number of fused-ring (bicyclic) bond motifs is 1. The van der Waals surface area contributed by atoms with Crippen LogP contribution in [0.3, 0.4) is 0 Å². The van der Waals surface area contributed by atoms with Crippen LogP contribution in [0, 0.1) is 6.92 Å². The summed E-state index contributed by atoms with van der Waals surface area (Å²) in [5.74, 6) is 0. The Labute approximate surface area is 154 Å². The summed E-state index contributed by atoms with van der Waals surface area (Å²) in [6, 6.07) is 13.6. The van der Waals surface area contributed by atoms with Crippen molar-refractivity contribution in [3.8, 4) is 0 Å². The fraction of sp³-hybridized carbons (Fsp3) is 0.316. The number of carbonyl (C=O) groups excluding carboxylic acids is 1. The summed E-state index contributed by atoms with van der Waals surface area (Å²) in [5, 5.41) is 0. The van der Waals surface area contributed by atoms with Crippen LogP contribution in [0.5, 0.6) is 0 Å². The van der Waals surface area contributed by atoms with Crippen LogP contribution in [0.25, 0.3) is 0 Å². The Balaban J connectivity index is 1.86. The summed E-state index contributed by atoms with van der Waals surface area (Å²) in [6.07, 6.45) is 0. The highest BCUT2D eigenvalue weighted by atomic mass is 32.2. The van der Waals surface area contributed by atoms with Gasteiger partial charge in [0, 0.05) is 19.1 Å². The van der Waals surface area contributed by atoms with Gasteiger partial charge in [-0.3, -0.25) is 4.90 Å². The lowest BCUT2D eigenvalue weighted by Crippen LogP contribution is -2.50. The van der Waals surface area contributed by atoms with Crippen LogP contribution < -0.4 is 14.5 Å². The monoisotopic (exact) mass is 373 g/mol. The van der Waals surface area contributed by atoms with Crippen LogP contribution in [0.1, 0.15) is 19.4 Å². The summed E-state index contributed by atoms with van der Waals surface area (Å²) < 4.78 is 27.2. The number of para-hydroxylation sites is 2. The quantitative estimate of drug-likeness (QED) is 0.897. The number of hydrogen-bond donors (Lipinski definition) is 1. The molecule has 0 spiro atoms. The first-order chi connectivity index (χ1) is 12.3. The van der Waals surface area contributed by atoms with Crippen LogP contribution in [0.2, 0.25) is 0 Å². The van der Waals surface area contributed by atoms with Gasteiger partial charge < -0.3 is 4.90 Å². The minimum absolute atomic E-state index is 0.0746. The van der Waals surface area contributed by atoms with Crippen LogP contribution >= 0.6 is 0 Å². The molecule has 0 radical (unpaired) electrons. The van der Waals surface area contributed by atoms with E-state index in [9.17, 15) is 13.2 Å². The molecule has 1 heterocycles. The van der Waals surface area contributed by atoms with E-state index < -0.39 is 16.1 Å². The van der Waals surface area contributed by atoms with E-state index in [0.717, 1.165) is 11.3 Å². The Bertz CT molecular complexity index is 908. The van der Waals surface area contributed by atoms with Crippen LogP contribution in [-0.4, -0.2) is 33.6 Å². The number of aryl methyl sites for hydroxylation is 1. The number of sulfonamides is 1. The highest BCUT2D eigenvalue weighted by Crippen LogP contribution is 2.34. The van der Waals surface area contributed by atoms with Gasteiger partial charge in [0.2, 0.25) is 0 Å². The largest absolute Gasteiger partial charge is 0.366 e. The third kappa shape index (κ3) is 3.53. The molecule has 2 aromatic carbocycles. The van der Waals surface area contributed by atoms with E-state index in [1.54, 1.807) is 12.1 Å². The Morgan fingerprint density at radius 3 is 2.23 bits per heavy atom. The highest BCUT2D eigenvalue weighted by Gasteiger charge is 2.30. The van der Waals surface area contributed by atoms with Crippen LogP contribution in [-0.2, 0) is 10.0 Å². The van der Waals surface area contributed by atoms with Gasteiger partial charge in [-0.15, -0.1) is 0 Å². The minimum atomic E-state index is -3.91. The van der Waals surface area contributed by atoms with Crippen molar-refractivity contribution in [1.29, 1.82) is 0 Å². The summed E-state index contributed by atoms with van der Waals surface area (Å²) in [7, 11) is -3.91. The van der Waals surface area contributed by atoms with E-state index in [1.165, 1.54) is 17.0 Å². The predicted molar refractivity (Wildman–Crippen MR) is 103 cm³/mol. The number of anilines is 2. The molecule has 0 fully saturated rings. The van der Waals surface area contributed by atoms with Crippen molar-refractivity contribution in [2.75, 3.05) is 22.9 Å². The molecule has 2 amide bonds. The van der Waals surface area contributed by atoms with Crippen molar-refractivity contribution in [2.45, 2.75) is 31.7 Å². The highest BCUT2D eigenvalue weighted by molar-refractivity contribution is 7.90. The van der Waals surface area contributed by atoms with Gasteiger partial charge in [-0.25, -0.2) is 17.9 Å². The average molecular weight is 373 g/mol. The molecule has 0 saturated heterocycles. The number of carbonyl (C=O) groups is 1. The molecule has 0 saturated carbocycles. The van der Waals surface area contributed by atoms with Gasteiger partial charge in [0.15, 0.2) is 0 Å². The molecular formula is C19H23N3O3S. The Morgan fingerprint density at radius 1 is 1.00 bits per heavy atom. The summed E-state index contributed by atoms with van der Waals surface area (Å²) >= 11 is 0. The van der Waals surface area contributed by atoms with E-state index in [0.29, 0.717) is 18.8 Å².